The third-order valence-corrected chi connectivity index (χ3v) is 2.26. The molecule has 1 atom stereocenters. The summed E-state index contributed by atoms with van der Waals surface area (Å²) in [5.74, 6) is -0.509. The van der Waals surface area contributed by atoms with Crippen LogP contribution >= 0.6 is 0 Å². The van der Waals surface area contributed by atoms with Crippen molar-refractivity contribution in [2.24, 2.45) is 0 Å². The number of halogens is 1. The quantitative estimate of drug-likeness (QED) is 0.584. The van der Waals surface area contributed by atoms with Crippen molar-refractivity contribution in [3.8, 4) is 5.75 Å². The Morgan fingerprint density at radius 2 is 2.31 bits per heavy atom. The Balaban J connectivity index is 2.16. The first-order valence-corrected chi connectivity index (χ1v) is 4.84. The third-order valence-electron chi connectivity index (χ3n) is 2.26. The van der Waals surface area contributed by atoms with E-state index in [0.717, 1.165) is 12.1 Å². The smallest absolute Gasteiger partial charge is 0.276 e. The van der Waals surface area contributed by atoms with E-state index in [4.69, 9.17) is 9.47 Å². The van der Waals surface area contributed by atoms with Gasteiger partial charge in [-0.2, -0.15) is 0 Å². The SMILES string of the molecule is O=[N+]([O-])c1cc(F)cc(OC2CCOC2)c1. The molecule has 0 amide bonds. The monoisotopic (exact) mass is 227 g/mol. The lowest BCUT2D eigenvalue weighted by molar-refractivity contribution is -0.385. The van der Waals surface area contributed by atoms with Crippen LogP contribution in [0, 0.1) is 15.9 Å². The van der Waals surface area contributed by atoms with E-state index in [-0.39, 0.29) is 17.5 Å². The van der Waals surface area contributed by atoms with E-state index in [9.17, 15) is 14.5 Å². The van der Waals surface area contributed by atoms with Crippen LogP contribution in [-0.4, -0.2) is 24.2 Å². The molecule has 0 bridgehead atoms. The molecule has 0 saturated carbocycles. The minimum absolute atomic E-state index is 0.151. The fraction of sp³-hybridized carbons (Fsp3) is 0.400. The molecule has 0 aliphatic carbocycles. The fourth-order valence-electron chi connectivity index (χ4n) is 1.52. The summed E-state index contributed by atoms with van der Waals surface area (Å²) >= 11 is 0. The minimum Gasteiger partial charge on any atom is -0.488 e. The summed E-state index contributed by atoms with van der Waals surface area (Å²) in [5, 5.41) is 10.5. The number of ether oxygens (including phenoxy) is 2. The van der Waals surface area contributed by atoms with E-state index in [2.05, 4.69) is 0 Å². The summed E-state index contributed by atoms with van der Waals surface area (Å²) < 4.78 is 23.5. The van der Waals surface area contributed by atoms with Gasteiger partial charge in [0.25, 0.3) is 5.69 Å². The van der Waals surface area contributed by atoms with Gasteiger partial charge in [0.1, 0.15) is 17.7 Å². The predicted molar refractivity (Wildman–Crippen MR) is 52.9 cm³/mol. The van der Waals surface area contributed by atoms with Crippen molar-refractivity contribution in [3.05, 3.63) is 34.1 Å². The van der Waals surface area contributed by atoms with E-state index in [0.29, 0.717) is 19.6 Å². The standard InChI is InChI=1S/C10H10FNO4/c11-7-3-8(12(13)14)5-10(4-7)16-9-1-2-15-6-9/h3-5,9H,1-2,6H2. The lowest BCUT2D eigenvalue weighted by Gasteiger charge is -2.11. The zero-order valence-electron chi connectivity index (χ0n) is 8.39. The van der Waals surface area contributed by atoms with Gasteiger partial charge in [-0.15, -0.1) is 0 Å². The Labute approximate surface area is 90.9 Å². The van der Waals surface area contributed by atoms with Crippen LogP contribution in [-0.2, 0) is 4.74 Å². The van der Waals surface area contributed by atoms with Gasteiger partial charge in [0, 0.05) is 12.5 Å². The molecule has 1 heterocycles. The van der Waals surface area contributed by atoms with E-state index >= 15 is 0 Å². The lowest BCUT2D eigenvalue weighted by atomic mass is 10.2. The molecule has 16 heavy (non-hydrogen) atoms. The van der Waals surface area contributed by atoms with E-state index in [1.165, 1.54) is 6.07 Å². The minimum atomic E-state index is -0.678. The van der Waals surface area contributed by atoms with Gasteiger partial charge in [0.2, 0.25) is 0 Å². The van der Waals surface area contributed by atoms with Gasteiger partial charge in [-0.25, -0.2) is 4.39 Å². The summed E-state index contributed by atoms with van der Waals surface area (Å²) in [5.41, 5.74) is -0.311. The molecule has 1 aliphatic rings. The number of non-ortho nitro benzene ring substituents is 1. The first-order chi connectivity index (χ1) is 7.65. The maximum atomic E-state index is 13.0. The van der Waals surface area contributed by atoms with Crippen molar-refractivity contribution >= 4 is 5.69 Å². The highest BCUT2D eigenvalue weighted by molar-refractivity contribution is 5.39. The van der Waals surface area contributed by atoms with Crippen LogP contribution in [0.5, 0.6) is 5.75 Å². The average molecular weight is 227 g/mol. The molecule has 1 aromatic rings. The van der Waals surface area contributed by atoms with Crippen LogP contribution in [0.3, 0.4) is 0 Å². The van der Waals surface area contributed by atoms with Gasteiger partial charge in [-0.1, -0.05) is 0 Å². The van der Waals surface area contributed by atoms with Gasteiger partial charge in [-0.05, 0) is 0 Å². The Bertz CT molecular complexity index is 404. The summed E-state index contributed by atoms with van der Waals surface area (Å²) in [7, 11) is 0. The molecule has 1 unspecified atom stereocenters. The normalized spacial score (nSPS) is 19.7. The second-order valence-electron chi connectivity index (χ2n) is 3.51. The number of benzene rings is 1. The number of nitro benzene ring substituents is 1. The summed E-state index contributed by atoms with van der Waals surface area (Å²) in [6.45, 7) is 1.03. The molecule has 0 spiro atoms. The number of hydrogen-bond donors (Lipinski definition) is 0. The largest absolute Gasteiger partial charge is 0.488 e. The maximum absolute atomic E-state index is 13.0. The highest BCUT2D eigenvalue weighted by Crippen LogP contribution is 2.24. The zero-order valence-corrected chi connectivity index (χ0v) is 8.39. The highest BCUT2D eigenvalue weighted by atomic mass is 19.1. The first-order valence-electron chi connectivity index (χ1n) is 4.84. The van der Waals surface area contributed by atoms with Crippen molar-refractivity contribution in [3.63, 3.8) is 0 Å². The van der Waals surface area contributed by atoms with Crippen molar-refractivity contribution in [1.82, 2.24) is 0 Å². The van der Waals surface area contributed by atoms with E-state index < -0.39 is 10.7 Å². The molecule has 1 saturated heterocycles. The van der Waals surface area contributed by atoms with Gasteiger partial charge in [0.05, 0.1) is 30.3 Å². The van der Waals surface area contributed by atoms with Gasteiger partial charge < -0.3 is 9.47 Å². The molecule has 2 rings (SSSR count). The third kappa shape index (κ3) is 2.46. The molecule has 0 N–H and O–H groups in total. The molecular weight excluding hydrogens is 217 g/mol. The molecular formula is C10H10FNO4. The van der Waals surface area contributed by atoms with Crippen molar-refractivity contribution in [2.75, 3.05) is 13.2 Å². The molecule has 1 fully saturated rings. The Kier molecular flexibility index (Phi) is 3.00. The molecule has 86 valence electrons. The molecule has 1 aromatic carbocycles. The molecule has 0 aromatic heterocycles. The van der Waals surface area contributed by atoms with Gasteiger partial charge >= 0.3 is 0 Å². The second kappa shape index (κ2) is 4.44. The fourth-order valence-corrected chi connectivity index (χ4v) is 1.52. The van der Waals surface area contributed by atoms with E-state index in [1.54, 1.807) is 0 Å². The van der Waals surface area contributed by atoms with Gasteiger partial charge in [0.15, 0.2) is 0 Å². The molecule has 6 heteroatoms. The van der Waals surface area contributed by atoms with Crippen molar-refractivity contribution in [1.29, 1.82) is 0 Å². The van der Waals surface area contributed by atoms with Crippen LogP contribution in [0.4, 0.5) is 10.1 Å². The van der Waals surface area contributed by atoms with Crippen LogP contribution in [0.25, 0.3) is 0 Å². The number of nitro groups is 1. The van der Waals surface area contributed by atoms with E-state index in [1.807, 2.05) is 0 Å². The second-order valence-corrected chi connectivity index (χ2v) is 3.51. The van der Waals surface area contributed by atoms with Crippen molar-refractivity contribution in [2.45, 2.75) is 12.5 Å². The predicted octanol–water partition coefficient (Wildman–Crippen LogP) is 1.90. The Morgan fingerprint density at radius 3 is 2.94 bits per heavy atom. The first kappa shape index (κ1) is 10.8. The average Bonchev–Trinajstić information content (AvgIpc) is 2.69. The Morgan fingerprint density at radius 1 is 1.50 bits per heavy atom. The molecule has 1 aliphatic heterocycles. The number of nitrogens with zero attached hydrogens (tertiary/aromatic N) is 1. The van der Waals surface area contributed by atoms with Crippen LogP contribution in [0.1, 0.15) is 6.42 Å². The van der Waals surface area contributed by atoms with Gasteiger partial charge in [-0.3, -0.25) is 10.1 Å². The van der Waals surface area contributed by atoms with Crippen LogP contribution in [0.2, 0.25) is 0 Å². The summed E-state index contributed by atoms with van der Waals surface area (Å²) in [6, 6.07) is 3.20. The summed E-state index contributed by atoms with van der Waals surface area (Å²) in [4.78, 5) is 9.85. The topological polar surface area (TPSA) is 61.6 Å². The lowest BCUT2D eigenvalue weighted by Crippen LogP contribution is -2.15. The van der Waals surface area contributed by atoms with Crippen LogP contribution in [0.15, 0.2) is 18.2 Å². The zero-order chi connectivity index (χ0) is 11.5. The Hall–Kier alpha value is -1.69. The maximum Gasteiger partial charge on any atom is 0.276 e. The van der Waals surface area contributed by atoms with Crippen molar-refractivity contribution < 1.29 is 18.8 Å². The van der Waals surface area contributed by atoms with Crippen LogP contribution < -0.4 is 4.74 Å². The summed E-state index contributed by atoms with van der Waals surface area (Å²) in [6.07, 6.45) is 0.561. The highest BCUT2D eigenvalue weighted by Gasteiger charge is 2.19. The number of hydrogen-bond acceptors (Lipinski definition) is 4. The molecule has 5 nitrogen and oxygen atoms in total. The molecule has 0 radical (unpaired) electrons. The number of rotatable bonds is 3.